The molecule has 6 heteroatoms. The number of nitrogens with two attached hydrogens (primary N) is 1. The van der Waals surface area contributed by atoms with E-state index in [0.717, 1.165) is 6.42 Å². The molecule has 1 atom stereocenters. The van der Waals surface area contributed by atoms with Gasteiger partial charge in [-0.15, -0.1) is 0 Å². The summed E-state index contributed by atoms with van der Waals surface area (Å²) in [6, 6.07) is 4.67. The molecule has 0 radical (unpaired) electrons. The van der Waals surface area contributed by atoms with Crippen LogP contribution in [0.25, 0.3) is 0 Å². The van der Waals surface area contributed by atoms with E-state index in [1.165, 1.54) is 6.07 Å². The molecule has 0 amide bonds. The second-order valence-corrected chi connectivity index (χ2v) is 6.71. The monoisotopic (exact) mass is 305 g/mol. The molecule has 0 aliphatic carbocycles. The van der Waals surface area contributed by atoms with Gasteiger partial charge in [-0.3, -0.25) is 0 Å². The summed E-state index contributed by atoms with van der Waals surface area (Å²) in [6.07, 6.45) is 1.34. The molecule has 1 unspecified atom stereocenters. The van der Waals surface area contributed by atoms with Gasteiger partial charge in [0, 0.05) is 16.8 Å². The molecular weight excluding hydrogens is 294 g/mol. The van der Waals surface area contributed by atoms with E-state index in [1.807, 2.05) is 0 Å². The Morgan fingerprint density at radius 1 is 1.38 bits per heavy atom. The largest absolute Gasteiger partial charge is 0.399 e. The molecule has 0 saturated carbocycles. The van der Waals surface area contributed by atoms with Crippen molar-refractivity contribution in [2.24, 2.45) is 0 Å². The smallest absolute Gasteiger partial charge is 0.205 e. The Bertz CT molecular complexity index is 475. The standard InChI is InChI=1S/C10H12BrNO3S/c11-7-4-8(12)6-9(5-7)16(13,14)10-2-1-3-15-10/h4-6,10H,1-3,12H2. The zero-order valence-corrected chi connectivity index (χ0v) is 10.9. The van der Waals surface area contributed by atoms with E-state index in [9.17, 15) is 8.42 Å². The summed E-state index contributed by atoms with van der Waals surface area (Å²) in [7, 11) is -3.42. The number of nitrogen functional groups attached to an aromatic ring is 1. The van der Waals surface area contributed by atoms with Crippen LogP contribution in [-0.2, 0) is 14.6 Å². The fourth-order valence-corrected chi connectivity index (χ4v) is 4.00. The van der Waals surface area contributed by atoms with Crippen molar-refractivity contribution in [2.75, 3.05) is 12.3 Å². The van der Waals surface area contributed by atoms with Crippen molar-refractivity contribution < 1.29 is 13.2 Å². The highest BCUT2D eigenvalue weighted by atomic mass is 79.9. The predicted octanol–water partition coefficient (Wildman–Crippen LogP) is 1.94. The SMILES string of the molecule is Nc1cc(Br)cc(S(=O)(=O)C2CCCO2)c1. The number of rotatable bonds is 2. The van der Waals surface area contributed by atoms with E-state index in [1.54, 1.807) is 12.1 Å². The molecule has 1 aliphatic heterocycles. The summed E-state index contributed by atoms with van der Waals surface area (Å²) in [6.45, 7) is 0.507. The molecule has 2 rings (SSSR count). The molecule has 4 nitrogen and oxygen atoms in total. The summed E-state index contributed by atoms with van der Waals surface area (Å²) in [4.78, 5) is 0.214. The van der Waals surface area contributed by atoms with Gasteiger partial charge in [-0.1, -0.05) is 15.9 Å². The number of halogens is 1. The molecular formula is C10H12BrNO3S. The van der Waals surface area contributed by atoms with Crippen molar-refractivity contribution >= 4 is 31.5 Å². The Kier molecular flexibility index (Phi) is 3.23. The first kappa shape index (κ1) is 11.9. The van der Waals surface area contributed by atoms with Gasteiger partial charge >= 0.3 is 0 Å². The first-order valence-corrected chi connectivity index (χ1v) is 7.25. The van der Waals surface area contributed by atoms with Crippen LogP contribution >= 0.6 is 15.9 Å². The van der Waals surface area contributed by atoms with Gasteiger partial charge in [-0.2, -0.15) is 0 Å². The first-order chi connectivity index (χ1) is 7.50. The normalized spacial score (nSPS) is 21.2. The fourth-order valence-electron chi connectivity index (χ4n) is 1.69. The van der Waals surface area contributed by atoms with E-state index in [-0.39, 0.29) is 4.90 Å². The van der Waals surface area contributed by atoms with Gasteiger partial charge in [0.25, 0.3) is 0 Å². The lowest BCUT2D eigenvalue weighted by Gasteiger charge is -2.11. The van der Waals surface area contributed by atoms with Gasteiger partial charge in [-0.25, -0.2) is 8.42 Å². The highest BCUT2D eigenvalue weighted by molar-refractivity contribution is 9.10. The number of hydrogen-bond donors (Lipinski definition) is 1. The average Bonchev–Trinajstić information content (AvgIpc) is 2.69. The van der Waals surface area contributed by atoms with E-state index in [4.69, 9.17) is 10.5 Å². The van der Waals surface area contributed by atoms with Gasteiger partial charge in [-0.05, 0) is 31.0 Å². The quantitative estimate of drug-likeness (QED) is 0.848. The maximum atomic E-state index is 12.1. The Morgan fingerprint density at radius 3 is 2.69 bits per heavy atom. The topological polar surface area (TPSA) is 69.4 Å². The molecule has 1 aromatic carbocycles. The summed E-state index contributed by atoms with van der Waals surface area (Å²) in [5, 5.41) is 0. The number of hydrogen-bond acceptors (Lipinski definition) is 4. The lowest BCUT2D eigenvalue weighted by molar-refractivity contribution is 0.165. The van der Waals surface area contributed by atoms with Crippen molar-refractivity contribution in [3.63, 3.8) is 0 Å². The number of sulfone groups is 1. The second kappa shape index (κ2) is 4.35. The minimum absolute atomic E-state index is 0.214. The van der Waals surface area contributed by atoms with Crippen molar-refractivity contribution in [2.45, 2.75) is 23.2 Å². The molecule has 1 heterocycles. The van der Waals surface area contributed by atoms with Crippen LogP contribution in [0.4, 0.5) is 5.69 Å². The maximum Gasteiger partial charge on any atom is 0.205 e. The summed E-state index contributed by atoms with van der Waals surface area (Å²) in [5.74, 6) is 0. The molecule has 16 heavy (non-hydrogen) atoms. The minimum Gasteiger partial charge on any atom is -0.399 e. The highest BCUT2D eigenvalue weighted by Gasteiger charge is 2.31. The zero-order valence-electron chi connectivity index (χ0n) is 8.52. The van der Waals surface area contributed by atoms with Crippen LogP contribution in [-0.4, -0.2) is 20.5 Å². The third kappa shape index (κ3) is 2.23. The molecule has 1 fully saturated rings. The first-order valence-electron chi connectivity index (χ1n) is 4.92. The molecule has 1 saturated heterocycles. The summed E-state index contributed by atoms with van der Waals surface area (Å²) >= 11 is 3.23. The van der Waals surface area contributed by atoms with Crippen molar-refractivity contribution in [3.05, 3.63) is 22.7 Å². The van der Waals surface area contributed by atoms with Crippen LogP contribution in [0, 0.1) is 0 Å². The van der Waals surface area contributed by atoms with E-state index in [2.05, 4.69) is 15.9 Å². The van der Waals surface area contributed by atoms with E-state index in [0.29, 0.717) is 23.2 Å². The van der Waals surface area contributed by atoms with Crippen molar-refractivity contribution in [3.8, 4) is 0 Å². The van der Waals surface area contributed by atoms with E-state index >= 15 is 0 Å². The highest BCUT2D eigenvalue weighted by Crippen LogP contribution is 2.28. The van der Waals surface area contributed by atoms with Crippen LogP contribution in [0.1, 0.15) is 12.8 Å². The molecule has 0 bridgehead atoms. The lowest BCUT2D eigenvalue weighted by Crippen LogP contribution is -2.20. The number of anilines is 1. The summed E-state index contributed by atoms with van der Waals surface area (Å²) in [5.41, 5.74) is 5.32. The van der Waals surface area contributed by atoms with Gasteiger partial charge in [0.2, 0.25) is 9.84 Å². The Balaban J connectivity index is 2.42. The molecule has 2 N–H and O–H groups in total. The lowest BCUT2D eigenvalue weighted by atomic mass is 10.3. The minimum atomic E-state index is -3.42. The van der Waals surface area contributed by atoms with Crippen molar-refractivity contribution in [1.29, 1.82) is 0 Å². The van der Waals surface area contributed by atoms with Gasteiger partial charge in [0.15, 0.2) is 5.44 Å². The van der Waals surface area contributed by atoms with Crippen LogP contribution in [0.3, 0.4) is 0 Å². The summed E-state index contributed by atoms with van der Waals surface area (Å²) < 4.78 is 30.1. The molecule has 1 aliphatic rings. The van der Waals surface area contributed by atoms with Crippen LogP contribution < -0.4 is 5.73 Å². The Labute approximate surface area is 103 Å². The maximum absolute atomic E-state index is 12.1. The van der Waals surface area contributed by atoms with Crippen LogP contribution in [0.15, 0.2) is 27.6 Å². The molecule has 0 spiro atoms. The Hall–Kier alpha value is -0.590. The number of benzene rings is 1. The average molecular weight is 306 g/mol. The molecule has 0 aromatic heterocycles. The van der Waals surface area contributed by atoms with Crippen LogP contribution in [0.5, 0.6) is 0 Å². The second-order valence-electron chi connectivity index (χ2n) is 3.71. The fraction of sp³-hybridized carbons (Fsp3) is 0.400. The third-order valence-corrected chi connectivity index (χ3v) is 4.87. The van der Waals surface area contributed by atoms with Gasteiger partial charge in [0.1, 0.15) is 0 Å². The third-order valence-electron chi connectivity index (χ3n) is 2.46. The predicted molar refractivity (Wildman–Crippen MR) is 64.7 cm³/mol. The molecule has 88 valence electrons. The van der Waals surface area contributed by atoms with E-state index < -0.39 is 15.3 Å². The van der Waals surface area contributed by atoms with Crippen molar-refractivity contribution in [1.82, 2.24) is 0 Å². The van der Waals surface area contributed by atoms with Gasteiger partial charge in [0.05, 0.1) is 4.90 Å². The van der Waals surface area contributed by atoms with Crippen LogP contribution in [0.2, 0.25) is 0 Å². The number of ether oxygens (including phenoxy) is 1. The molecule has 1 aromatic rings. The zero-order chi connectivity index (χ0) is 11.8. The Morgan fingerprint density at radius 2 is 2.12 bits per heavy atom. The van der Waals surface area contributed by atoms with Gasteiger partial charge < -0.3 is 10.5 Å².